The lowest BCUT2D eigenvalue weighted by Crippen LogP contribution is -2.10. The first-order chi connectivity index (χ1) is 23.2. The Bertz CT molecular complexity index is 2790. The minimum Gasteiger partial charge on any atom is -0.456 e. The summed E-state index contributed by atoms with van der Waals surface area (Å²) in [4.78, 5) is 2.32. The molecule has 0 atom stereocenters. The predicted octanol–water partition coefficient (Wildman–Crippen LogP) is 12.9. The third-order valence-corrected chi connectivity index (χ3v) is 9.37. The fourth-order valence-corrected chi connectivity index (χ4v) is 7.09. The second-order valence-electron chi connectivity index (χ2n) is 12.2. The van der Waals surface area contributed by atoms with Crippen molar-refractivity contribution in [1.29, 1.82) is 0 Å². The highest BCUT2D eigenvalue weighted by Gasteiger charge is 2.18. The molecule has 220 valence electrons. The molecule has 0 amide bonds. The molecule has 47 heavy (non-hydrogen) atoms. The minimum absolute atomic E-state index is 0.863. The average Bonchev–Trinajstić information content (AvgIpc) is 3.67. The van der Waals surface area contributed by atoms with Crippen molar-refractivity contribution < 1.29 is 8.83 Å². The van der Waals surface area contributed by atoms with Crippen LogP contribution in [0.5, 0.6) is 0 Å². The zero-order valence-corrected chi connectivity index (χ0v) is 25.4. The van der Waals surface area contributed by atoms with Crippen molar-refractivity contribution in [2.24, 2.45) is 0 Å². The van der Waals surface area contributed by atoms with Crippen molar-refractivity contribution in [1.82, 2.24) is 0 Å². The monoisotopic (exact) mass is 601 g/mol. The average molecular weight is 602 g/mol. The normalized spacial score (nSPS) is 11.8. The lowest BCUT2D eigenvalue weighted by atomic mass is 10.0. The number of hydrogen-bond acceptors (Lipinski definition) is 3. The van der Waals surface area contributed by atoms with Gasteiger partial charge >= 0.3 is 0 Å². The summed E-state index contributed by atoms with van der Waals surface area (Å²) in [5, 5.41) is 9.19. The summed E-state index contributed by atoms with van der Waals surface area (Å²) in [7, 11) is 0. The quantitative estimate of drug-likeness (QED) is 0.201. The maximum Gasteiger partial charge on any atom is 0.137 e. The van der Waals surface area contributed by atoms with Crippen LogP contribution in [0.3, 0.4) is 0 Å². The molecule has 8 aromatic carbocycles. The smallest absolute Gasteiger partial charge is 0.137 e. The molecule has 0 aliphatic rings. The first kappa shape index (κ1) is 26.0. The van der Waals surface area contributed by atoms with Crippen LogP contribution in [0.25, 0.3) is 76.5 Å². The number of para-hydroxylation sites is 1. The van der Waals surface area contributed by atoms with E-state index >= 15 is 0 Å². The maximum atomic E-state index is 6.52. The number of furan rings is 2. The Morgan fingerprint density at radius 2 is 0.872 bits per heavy atom. The molecule has 10 rings (SSSR count). The van der Waals surface area contributed by atoms with Gasteiger partial charge in [-0.15, -0.1) is 0 Å². The largest absolute Gasteiger partial charge is 0.456 e. The lowest BCUT2D eigenvalue weighted by Gasteiger charge is -2.26. The minimum atomic E-state index is 0.863. The van der Waals surface area contributed by atoms with Gasteiger partial charge in [0.05, 0.1) is 0 Å². The van der Waals surface area contributed by atoms with E-state index in [1.807, 2.05) is 12.1 Å². The Hall–Kier alpha value is -6.32. The van der Waals surface area contributed by atoms with E-state index in [4.69, 9.17) is 8.83 Å². The van der Waals surface area contributed by atoms with Crippen LogP contribution in [-0.2, 0) is 0 Å². The van der Waals surface area contributed by atoms with Gasteiger partial charge in [0.1, 0.15) is 22.3 Å². The highest BCUT2D eigenvalue weighted by Crippen LogP contribution is 2.42. The number of hydrogen-bond donors (Lipinski definition) is 0. The van der Waals surface area contributed by atoms with E-state index in [9.17, 15) is 0 Å². The van der Waals surface area contributed by atoms with Crippen LogP contribution in [0.4, 0.5) is 17.1 Å². The molecule has 0 radical (unpaired) electrons. The summed E-state index contributed by atoms with van der Waals surface area (Å²) in [6, 6.07) is 58.0. The molecule has 2 heterocycles. The van der Waals surface area contributed by atoms with Gasteiger partial charge in [0, 0.05) is 44.7 Å². The van der Waals surface area contributed by atoms with Crippen LogP contribution in [0, 0.1) is 0 Å². The maximum absolute atomic E-state index is 6.52. The summed E-state index contributed by atoms with van der Waals surface area (Å²) in [6.07, 6.45) is 0. The molecule has 10 aromatic rings. The molecule has 3 heteroatoms. The van der Waals surface area contributed by atoms with E-state index in [0.717, 1.165) is 71.9 Å². The van der Waals surface area contributed by atoms with Gasteiger partial charge in [-0.1, -0.05) is 91.0 Å². The first-order valence-corrected chi connectivity index (χ1v) is 15.9. The molecule has 0 saturated carbocycles. The van der Waals surface area contributed by atoms with Gasteiger partial charge in [0.25, 0.3) is 0 Å². The van der Waals surface area contributed by atoms with Crippen LogP contribution in [0.2, 0.25) is 0 Å². The number of fused-ring (bicyclic) bond motifs is 8. The molecule has 0 aliphatic heterocycles. The third kappa shape index (κ3) is 4.21. The molecule has 0 saturated heterocycles. The van der Waals surface area contributed by atoms with Crippen molar-refractivity contribution in [2.45, 2.75) is 0 Å². The highest BCUT2D eigenvalue weighted by molar-refractivity contribution is 6.12. The van der Waals surface area contributed by atoms with E-state index < -0.39 is 0 Å². The van der Waals surface area contributed by atoms with Crippen molar-refractivity contribution in [3.63, 3.8) is 0 Å². The summed E-state index contributed by atoms with van der Waals surface area (Å²) in [5.74, 6) is 0. The van der Waals surface area contributed by atoms with Gasteiger partial charge in [-0.3, -0.25) is 0 Å². The molecule has 0 unspecified atom stereocenters. The summed E-state index contributed by atoms with van der Waals surface area (Å²) < 4.78 is 12.8. The highest BCUT2D eigenvalue weighted by atomic mass is 16.3. The number of benzene rings is 8. The third-order valence-electron chi connectivity index (χ3n) is 9.37. The zero-order chi connectivity index (χ0) is 30.9. The van der Waals surface area contributed by atoms with E-state index in [-0.39, 0.29) is 0 Å². The van der Waals surface area contributed by atoms with Crippen molar-refractivity contribution in [3.05, 3.63) is 164 Å². The molecule has 3 nitrogen and oxygen atoms in total. The van der Waals surface area contributed by atoms with Gasteiger partial charge in [0.2, 0.25) is 0 Å². The SMILES string of the molecule is c1ccc(-c2cccc(N(c3ccc4cc5c(cc4c3)oc3ccccc35)c3ccc4c(c3)oc3cc5ccccc5cc34)c2)cc1. The fraction of sp³-hybridized carbons (Fsp3) is 0. The molecule has 0 spiro atoms. The summed E-state index contributed by atoms with van der Waals surface area (Å²) in [5.41, 5.74) is 9.05. The van der Waals surface area contributed by atoms with Gasteiger partial charge in [0.15, 0.2) is 0 Å². The van der Waals surface area contributed by atoms with Crippen LogP contribution in [0.15, 0.2) is 173 Å². The van der Waals surface area contributed by atoms with Gasteiger partial charge in [-0.25, -0.2) is 0 Å². The second-order valence-corrected chi connectivity index (χ2v) is 12.2. The van der Waals surface area contributed by atoms with Crippen LogP contribution < -0.4 is 4.90 Å². The van der Waals surface area contributed by atoms with Crippen molar-refractivity contribution >= 4 is 82.5 Å². The van der Waals surface area contributed by atoms with Crippen LogP contribution >= 0.6 is 0 Å². The van der Waals surface area contributed by atoms with Crippen molar-refractivity contribution in [3.8, 4) is 11.1 Å². The zero-order valence-electron chi connectivity index (χ0n) is 25.4. The standard InChI is InChI=1S/C44H27NO2/c1-2-9-28(10-3-1)29-13-8-14-34(21-29)45(35-18-17-32-24-39-37-15-6-7-16-41(37)46-43(39)26-33(32)22-35)36-19-20-38-40-23-30-11-4-5-12-31(30)25-42(40)47-44(38)27-36/h1-27H. The van der Waals surface area contributed by atoms with Crippen LogP contribution in [0.1, 0.15) is 0 Å². The lowest BCUT2D eigenvalue weighted by molar-refractivity contribution is 0.669. The van der Waals surface area contributed by atoms with E-state index in [1.54, 1.807) is 0 Å². The molecule has 0 fully saturated rings. The molecular weight excluding hydrogens is 574 g/mol. The van der Waals surface area contributed by atoms with Gasteiger partial charge in [-0.2, -0.15) is 0 Å². The van der Waals surface area contributed by atoms with Gasteiger partial charge in [-0.05, 0) is 99.4 Å². The summed E-state index contributed by atoms with van der Waals surface area (Å²) >= 11 is 0. The van der Waals surface area contributed by atoms with E-state index in [1.165, 1.54) is 21.7 Å². The molecule has 0 bridgehead atoms. The fourth-order valence-electron chi connectivity index (χ4n) is 7.09. The Morgan fingerprint density at radius 1 is 0.298 bits per heavy atom. The topological polar surface area (TPSA) is 29.5 Å². The van der Waals surface area contributed by atoms with Crippen LogP contribution in [-0.4, -0.2) is 0 Å². The van der Waals surface area contributed by atoms with Gasteiger partial charge < -0.3 is 13.7 Å². The number of anilines is 3. The predicted molar refractivity (Wildman–Crippen MR) is 196 cm³/mol. The summed E-state index contributed by atoms with van der Waals surface area (Å²) in [6.45, 7) is 0. The molecule has 2 aromatic heterocycles. The molecule has 0 N–H and O–H groups in total. The Balaban J connectivity index is 1.17. The van der Waals surface area contributed by atoms with Crippen molar-refractivity contribution in [2.75, 3.05) is 4.90 Å². The number of rotatable bonds is 4. The number of nitrogens with zero attached hydrogens (tertiary/aromatic N) is 1. The molecule has 0 aliphatic carbocycles. The Kier molecular flexibility index (Phi) is 5.57. The van der Waals surface area contributed by atoms with E-state index in [2.05, 4.69) is 157 Å². The Labute approximate surface area is 270 Å². The Morgan fingerprint density at radius 3 is 1.72 bits per heavy atom. The first-order valence-electron chi connectivity index (χ1n) is 15.9. The second kappa shape index (κ2) is 10.1. The van der Waals surface area contributed by atoms with E-state index in [0.29, 0.717) is 0 Å². The molecular formula is C44H27NO2.